The predicted molar refractivity (Wildman–Crippen MR) is 76.7 cm³/mol. The fraction of sp³-hybridized carbons (Fsp3) is 0.600. The molecule has 0 spiro atoms. The van der Waals surface area contributed by atoms with Crippen LogP contribution in [0.1, 0.15) is 39.2 Å². The molecule has 0 saturated carbocycles. The standard InChI is InChI=1S/C15H24ClN/c1-4-10-17-15(12(3)5-2)11-13-6-8-14(16)9-7-13/h6-9,12,15,17H,4-5,10-11H2,1-3H3. The van der Waals surface area contributed by atoms with Crippen LogP contribution in [0.5, 0.6) is 0 Å². The van der Waals surface area contributed by atoms with Gasteiger partial charge in [0.15, 0.2) is 0 Å². The molecule has 96 valence electrons. The lowest BCUT2D eigenvalue weighted by atomic mass is 9.93. The normalized spacial score (nSPS) is 14.6. The Morgan fingerprint density at radius 3 is 2.35 bits per heavy atom. The van der Waals surface area contributed by atoms with Crippen molar-refractivity contribution in [3.05, 3.63) is 34.9 Å². The van der Waals surface area contributed by atoms with Gasteiger partial charge in [0.1, 0.15) is 0 Å². The number of rotatable bonds is 7. The first-order valence-electron chi connectivity index (χ1n) is 6.65. The van der Waals surface area contributed by atoms with Gasteiger partial charge in [0, 0.05) is 11.1 Å². The van der Waals surface area contributed by atoms with Gasteiger partial charge in [-0.2, -0.15) is 0 Å². The molecule has 1 aromatic rings. The Morgan fingerprint density at radius 1 is 1.18 bits per heavy atom. The Bertz CT molecular complexity index is 307. The third-order valence-corrected chi connectivity index (χ3v) is 3.61. The number of benzene rings is 1. The lowest BCUT2D eigenvalue weighted by Crippen LogP contribution is -2.37. The Morgan fingerprint density at radius 2 is 1.82 bits per heavy atom. The van der Waals surface area contributed by atoms with Gasteiger partial charge in [0.05, 0.1) is 0 Å². The highest BCUT2D eigenvalue weighted by atomic mass is 35.5. The highest BCUT2D eigenvalue weighted by Gasteiger charge is 2.15. The smallest absolute Gasteiger partial charge is 0.0406 e. The molecule has 1 aromatic carbocycles. The number of hydrogen-bond acceptors (Lipinski definition) is 1. The molecule has 0 aliphatic rings. The summed E-state index contributed by atoms with van der Waals surface area (Å²) in [6.07, 6.45) is 3.49. The van der Waals surface area contributed by atoms with Crippen molar-refractivity contribution < 1.29 is 0 Å². The van der Waals surface area contributed by atoms with E-state index in [9.17, 15) is 0 Å². The van der Waals surface area contributed by atoms with Crippen LogP contribution in [-0.2, 0) is 6.42 Å². The van der Waals surface area contributed by atoms with Crippen LogP contribution in [0.4, 0.5) is 0 Å². The molecule has 1 rings (SSSR count). The zero-order chi connectivity index (χ0) is 12.7. The fourth-order valence-electron chi connectivity index (χ4n) is 1.96. The van der Waals surface area contributed by atoms with E-state index in [0.29, 0.717) is 12.0 Å². The van der Waals surface area contributed by atoms with Gasteiger partial charge in [0.2, 0.25) is 0 Å². The van der Waals surface area contributed by atoms with Crippen LogP contribution in [0.2, 0.25) is 5.02 Å². The fourth-order valence-corrected chi connectivity index (χ4v) is 2.09. The quantitative estimate of drug-likeness (QED) is 0.764. The van der Waals surface area contributed by atoms with Gasteiger partial charge in [-0.25, -0.2) is 0 Å². The Balaban J connectivity index is 2.61. The summed E-state index contributed by atoms with van der Waals surface area (Å²) in [5.74, 6) is 0.706. The second-order valence-electron chi connectivity index (χ2n) is 4.78. The summed E-state index contributed by atoms with van der Waals surface area (Å²) in [4.78, 5) is 0. The van der Waals surface area contributed by atoms with Crippen molar-refractivity contribution in [3.8, 4) is 0 Å². The molecule has 0 heterocycles. The van der Waals surface area contributed by atoms with Crippen LogP contribution in [0.25, 0.3) is 0 Å². The van der Waals surface area contributed by atoms with Crippen LogP contribution < -0.4 is 5.32 Å². The first-order valence-corrected chi connectivity index (χ1v) is 7.03. The molecule has 0 bridgehead atoms. The summed E-state index contributed by atoms with van der Waals surface area (Å²) in [7, 11) is 0. The minimum atomic E-state index is 0.570. The van der Waals surface area contributed by atoms with E-state index >= 15 is 0 Å². The van der Waals surface area contributed by atoms with Crippen LogP contribution in [0.3, 0.4) is 0 Å². The minimum absolute atomic E-state index is 0.570. The molecule has 0 amide bonds. The summed E-state index contributed by atoms with van der Waals surface area (Å²) in [5.41, 5.74) is 1.36. The molecule has 0 saturated heterocycles. The molecular formula is C15H24ClN. The lowest BCUT2D eigenvalue weighted by Gasteiger charge is -2.24. The molecule has 1 N–H and O–H groups in total. The zero-order valence-corrected chi connectivity index (χ0v) is 11.9. The van der Waals surface area contributed by atoms with Crippen molar-refractivity contribution in [3.63, 3.8) is 0 Å². The van der Waals surface area contributed by atoms with E-state index in [0.717, 1.165) is 18.0 Å². The molecular weight excluding hydrogens is 230 g/mol. The average Bonchev–Trinajstić information content (AvgIpc) is 2.36. The van der Waals surface area contributed by atoms with Gasteiger partial charge in [-0.3, -0.25) is 0 Å². The molecule has 0 fully saturated rings. The third kappa shape index (κ3) is 5.10. The van der Waals surface area contributed by atoms with E-state index in [4.69, 9.17) is 11.6 Å². The molecule has 0 aliphatic carbocycles. The van der Waals surface area contributed by atoms with Crippen molar-refractivity contribution in [1.29, 1.82) is 0 Å². The summed E-state index contributed by atoms with van der Waals surface area (Å²) in [6.45, 7) is 7.89. The third-order valence-electron chi connectivity index (χ3n) is 3.36. The SMILES string of the molecule is CCCNC(Cc1ccc(Cl)cc1)C(C)CC. The van der Waals surface area contributed by atoms with Crippen LogP contribution in [-0.4, -0.2) is 12.6 Å². The monoisotopic (exact) mass is 253 g/mol. The van der Waals surface area contributed by atoms with E-state index in [2.05, 4.69) is 38.2 Å². The Hall–Kier alpha value is -0.530. The largest absolute Gasteiger partial charge is 0.313 e. The Labute approximate surface area is 111 Å². The molecule has 0 radical (unpaired) electrons. The molecule has 0 aliphatic heterocycles. The second-order valence-corrected chi connectivity index (χ2v) is 5.21. The maximum atomic E-state index is 5.91. The first kappa shape index (κ1) is 14.5. The molecule has 0 aromatic heterocycles. The summed E-state index contributed by atoms with van der Waals surface area (Å²) >= 11 is 5.91. The van der Waals surface area contributed by atoms with Gasteiger partial charge in [-0.1, -0.05) is 50.9 Å². The highest BCUT2D eigenvalue weighted by Crippen LogP contribution is 2.16. The number of nitrogens with one attached hydrogen (secondary N) is 1. The van der Waals surface area contributed by atoms with E-state index in [1.54, 1.807) is 0 Å². The molecule has 2 unspecified atom stereocenters. The van der Waals surface area contributed by atoms with Gasteiger partial charge < -0.3 is 5.32 Å². The van der Waals surface area contributed by atoms with E-state index < -0.39 is 0 Å². The van der Waals surface area contributed by atoms with Crippen LogP contribution >= 0.6 is 11.6 Å². The van der Waals surface area contributed by atoms with Crippen molar-refractivity contribution in [2.45, 2.75) is 46.1 Å². The summed E-state index contributed by atoms with van der Waals surface area (Å²) < 4.78 is 0. The van der Waals surface area contributed by atoms with Crippen LogP contribution in [0, 0.1) is 5.92 Å². The molecule has 1 nitrogen and oxygen atoms in total. The van der Waals surface area contributed by atoms with Gasteiger partial charge >= 0.3 is 0 Å². The second kappa shape index (κ2) is 7.73. The van der Waals surface area contributed by atoms with Gasteiger partial charge in [-0.05, 0) is 43.0 Å². The average molecular weight is 254 g/mol. The molecule has 2 heteroatoms. The van der Waals surface area contributed by atoms with Crippen molar-refractivity contribution >= 4 is 11.6 Å². The summed E-state index contributed by atoms with van der Waals surface area (Å²) in [6, 6.07) is 8.78. The zero-order valence-electron chi connectivity index (χ0n) is 11.2. The van der Waals surface area contributed by atoms with E-state index in [1.165, 1.54) is 18.4 Å². The summed E-state index contributed by atoms with van der Waals surface area (Å²) in [5, 5.41) is 4.47. The predicted octanol–water partition coefficient (Wildman–Crippen LogP) is 4.30. The minimum Gasteiger partial charge on any atom is -0.313 e. The number of hydrogen-bond donors (Lipinski definition) is 1. The van der Waals surface area contributed by atoms with E-state index in [-0.39, 0.29) is 0 Å². The van der Waals surface area contributed by atoms with Crippen molar-refractivity contribution in [2.24, 2.45) is 5.92 Å². The maximum absolute atomic E-state index is 5.91. The maximum Gasteiger partial charge on any atom is 0.0406 e. The topological polar surface area (TPSA) is 12.0 Å². The first-order chi connectivity index (χ1) is 8.17. The highest BCUT2D eigenvalue weighted by molar-refractivity contribution is 6.30. The van der Waals surface area contributed by atoms with E-state index in [1.807, 2.05) is 12.1 Å². The van der Waals surface area contributed by atoms with Crippen molar-refractivity contribution in [1.82, 2.24) is 5.32 Å². The van der Waals surface area contributed by atoms with Gasteiger partial charge in [-0.15, -0.1) is 0 Å². The lowest BCUT2D eigenvalue weighted by molar-refractivity contribution is 0.365. The van der Waals surface area contributed by atoms with Crippen LogP contribution in [0.15, 0.2) is 24.3 Å². The number of halogens is 1. The molecule has 17 heavy (non-hydrogen) atoms. The Kier molecular flexibility index (Phi) is 6.61. The van der Waals surface area contributed by atoms with Crippen molar-refractivity contribution in [2.75, 3.05) is 6.54 Å². The van der Waals surface area contributed by atoms with Gasteiger partial charge in [0.25, 0.3) is 0 Å². The molecule has 2 atom stereocenters.